The zero-order valence-corrected chi connectivity index (χ0v) is 51.1. The number of thioether (sulfide) groups is 1. The van der Waals surface area contributed by atoms with Gasteiger partial charge in [-0.25, -0.2) is 19.6 Å². The number of halogens is 6. The summed E-state index contributed by atoms with van der Waals surface area (Å²) < 4.78 is 9.89. The minimum absolute atomic E-state index is 0. The van der Waals surface area contributed by atoms with Crippen molar-refractivity contribution < 1.29 is 138 Å². The van der Waals surface area contributed by atoms with Crippen LogP contribution in [0.1, 0.15) is 83.7 Å². The molecular formula is C47H46Br2Cl4K2N4O7S. The summed E-state index contributed by atoms with van der Waals surface area (Å²) in [5.74, 6) is 0.484. The van der Waals surface area contributed by atoms with Crippen LogP contribution in [0.25, 0.3) is 22.3 Å². The number of carbonyl (C=O) groups is 3. The molecule has 0 aliphatic rings. The Morgan fingerprint density at radius 3 is 1.46 bits per heavy atom. The zero-order valence-electron chi connectivity index (χ0n) is 38.8. The number of esters is 2. The predicted octanol–water partition coefficient (Wildman–Crippen LogP) is 6.84. The number of hydrogen-bond donors (Lipinski definition) is 0. The Hall–Kier alpha value is -0.847. The molecule has 0 fully saturated rings. The molecule has 0 N–H and O–H groups in total. The van der Waals surface area contributed by atoms with E-state index in [2.05, 4.69) is 107 Å². The molecule has 2 aromatic heterocycles. The van der Waals surface area contributed by atoms with E-state index < -0.39 is 11.9 Å². The maximum Gasteiger partial charge on any atom is 1.00 e. The van der Waals surface area contributed by atoms with Crippen molar-refractivity contribution in [1.82, 2.24) is 19.9 Å². The van der Waals surface area contributed by atoms with Gasteiger partial charge in [-0.3, -0.25) is 14.8 Å². The summed E-state index contributed by atoms with van der Waals surface area (Å²) in [4.78, 5) is 51.0. The molecule has 0 saturated carbocycles. The summed E-state index contributed by atoms with van der Waals surface area (Å²) in [5, 5.41) is 12.4. The molecule has 6 aromatic rings. The summed E-state index contributed by atoms with van der Waals surface area (Å²) in [6, 6.07) is 24.0. The number of nitrogens with zero attached hydrogens (tertiary/aromatic N) is 4. The molecule has 0 spiro atoms. The molecule has 67 heavy (non-hydrogen) atoms. The molecule has 346 valence electrons. The molecule has 0 bridgehead atoms. The third-order valence-corrected chi connectivity index (χ3v) is 12.2. The quantitative estimate of drug-likeness (QED) is 0.0264. The Labute approximate surface area is 519 Å². The van der Waals surface area contributed by atoms with Crippen LogP contribution in [0.2, 0.25) is 20.1 Å². The van der Waals surface area contributed by atoms with Crippen LogP contribution >= 0.6 is 90.0 Å². The third-order valence-electron chi connectivity index (χ3n) is 8.95. The first-order valence-electron chi connectivity index (χ1n) is 19.9. The summed E-state index contributed by atoms with van der Waals surface area (Å²) in [6.45, 7) is 8.30. The fourth-order valence-electron chi connectivity index (χ4n) is 5.92. The number of ether oxygens (including phenoxy) is 2. The number of aryl methyl sites for hydroxylation is 2. The number of hydrogen-bond acceptors (Lipinski definition) is 12. The van der Waals surface area contributed by atoms with Gasteiger partial charge >= 0.3 is 115 Å². The van der Waals surface area contributed by atoms with E-state index in [1.54, 1.807) is 50.1 Å². The largest absolute Gasteiger partial charge is 1.00 e. The van der Waals surface area contributed by atoms with Gasteiger partial charge in [-0.2, -0.15) is 11.8 Å². The molecular weight excluding hydrogens is 1140 g/mol. The van der Waals surface area contributed by atoms with Crippen molar-refractivity contribution >= 4 is 108 Å². The first-order chi connectivity index (χ1) is 31.4. The van der Waals surface area contributed by atoms with Crippen molar-refractivity contribution in [3.63, 3.8) is 0 Å². The van der Waals surface area contributed by atoms with Gasteiger partial charge in [0.2, 0.25) is 0 Å². The predicted molar refractivity (Wildman–Crippen MR) is 267 cm³/mol. The van der Waals surface area contributed by atoms with E-state index >= 15 is 0 Å². The van der Waals surface area contributed by atoms with E-state index in [4.69, 9.17) is 65.9 Å². The monoisotopic (exact) mass is 1190 g/mol. The molecule has 2 heterocycles. The standard InChI is InChI=1S/C23H22Cl2N2O2S.C15H13BrCl2.C8H9BrN2O2.CH2O3.2K.H/c1-3-15-5-6-16(19-8-7-18(24)12-20(19)25)11-17(15)13-30-14-21-22(23(28)29-4-2)27-10-9-26-21;1-2-10-3-4-11(7-12(10)9-16)14-6-5-13(17)8-15(14)18;1-2-13-8(12)7-6(5-9)10-3-4-11-7;2-1-4-3;;;/h5-12H,3-4,13-14H2,1-2H3;3-8H,2,9H2,1H3;3-4H,2,5H2,1H3;1,3H;;;/q;;;;2*+1;-1/p-1. The van der Waals surface area contributed by atoms with E-state index in [0.717, 1.165) is 46.2 Å². The van der Waals surface area contributed by atoms with E-state index in [9.17, 15) is 9.59 Å². The summed E-state index contributed by atoms with van der Waals surface area (Å²) in [7, 11) is 0. The van der Waals surface area contributed by atoms with Gasteiger partial charge in [-0.15, -0.1) is 0 Å². The van der Waals surface area contributed by atoms with E-state index in [0.29, 0.717) is 55.8 Å². The number of benzene rings is 4. The minimum Gasteiger partial charge on any atom is -1.00 e. The average Bonchev–Trinajstić information content (AvgIpc) is 3.32. The molecule has 11 nitrogen and oxygen atoms in total. The van der Waals surface area contributed by atoms with Gasteiger partial charge in [0.05, 0.1) is 24.6 Å². The van der Waals surface area contributed by atoms with Crippen LogP contribution in [0.5, 0.6) is 0 Å². The van der Waals surface area contributed by atoms with Crippen molar-refractivity contribution in [2.24, 2.45) is 0 Å². The molecule has 4 aromatic carbocycles. The number of rotatable bonds is 15. The Morgan fingerprint density at radius 1 is 0.612 bits per heavy atom. The van der Waals surface area contributed by atoms with Crippen molar-refractivity contribution in [2.45, 2.75) is 62.7 Å². The number of aromatic nitrogens is 4. The van der Waals surface area contributed by atoms with Crippen LogP contribution in [0.15, 0.2) is 97.6 Å². The molecule has 0 amide bonds. The molecule has 20 heteroatoms. The van der Waals surface area contributed by atoms with E-state index in [1.165, 1.54) is 34.6 Å². The van der Waals surface area contributed by atoms with Crippen LogP contribution in [-0.4, -0.2) is 51.6 Å². The van der Waals surface area contributed by atoms with E-state index in [1.807, 2.05) is 24.3 Å². The summed E-state index contributed by atoms with van der Waals surface area (Å²) in [5.41, 5.74) is 11.1. The van der Waals surface area contributed by atoms with Crippen molar-refractivity contribution in [3.8, 4) is 22.3 Å². The molecule has 0 aliphatic carbocycles. The molecule has 0 saturated heterocycles. The van der Waals surface area contributed by atoms with Gasteiger partial charge in [0, 0.05) is 78.2 Å². The number of alkyl halides is 2. The summed E-state index contributed by atoms with van der Waals surface area (Å²) in [6.07, 6.45) is 8.09. The van der Waals surface area contributed by atoms with Crippen LogP contribution in [0, 0.1) is 0 Å². The van der Waals surface area contributed by atoms with Crippen molar-refractivity contribution in [2.75, 3.05) is 13.2 Å². The Kier molecular flexibility index (Phi) is 34.6. The van der Waals surface area contributed by atoms with Crippen molar-refractivity contribution in [1.29, 1.82) is 0 Å². The van der Waals surface area contributed by atoms with Crippen LogP contribution in [0.3, 0.4) is 0 Å². The Bertz CT molecular complexity index is 2510. The average molecular weight is 1190 g/mol. The zero-order chi connectivity index (χ0) is 47.7. The molecule has 0 unspecified atom stereocenters. The Morgan fingerprint density at radius 2 is 1.04 bits per heavy atom. The van der Waals surface area contributed by atoms with Gasteiger partial charge in [-0.1, -0.05) is 129 Å². The smallest absolute Gasteiger partial charge is 1.00 e. The normalized spacial score (nSPS) is 9.90. The minimum atomic E-state index is -0.435. The molecule has 0 radical (unpaired) electrons. The van der Waals surface area contributed by atoms with Gasteiger partial charge < -0.3 is 21.0 Å². The maximum atomic E-state index is 12.1. The van der Waals surface area contributed by atoms with E-state index in [-0.39, 0.29) is 122 Å². The second kappa shape index (κ2) is 36.1. The van der Waals surface area contributed by atoms with Gasteiger partial charge in [0.1, 0.15) is 0 Å². The first-order valence-corrected chi connectivity index (χ1v) is 24.8. The fraction of sp³-hybridized carbons (Fsp3) is 0.255. The molecule has 0 aliphatic heterocycles. The van der Waals surface area contributed by atoms with Crippen LogP contribution in [-0.2, 0) is 54.2 Å². The third kappa shape index (κ3) is 21.4. The van der Waals surface area contributed by atoms with Gasteiger partial charge in [0.25, 0.3) is 6.47 Å². The maximum absolute atomic E-state index is 12.1. The molecule has 0 atom stereocenters. The second-order valence-electron chi connectivity index (χ2n) is 13.0. The van der Waals surface area contributed by atoms with Gasteiger partial charge in [0.15, 0.2) is 11.4 Å². The fourth-order valence-corrected chi connectivity index (χ4v) is 8.88. The van der Waals surface area contributed by atoms with Crippen molar-refractivity contribution in [3.05, 3.63) is 163 Å². The topological polar surface area (TPSA) is 154 Å². The number of carbonyl (C=O) groups excluding carboxylic acids is 3. The molecule has 6 rings (SSSR count). The van der Waals surface area contributed by atoms with Crippen LogP contribution in [0.4, 0.5) is 0 Å². The SMILES string of the molecule is CCOC(=O)c1nccnc1CBr.CCOC(=O)c1nccnc1CSCc1cc(-c2ccc(Cl)cc2Cl)ccc1CC.CCc1ccc(-c2ccc(Cl)cc2Cl)cc1CBr.O=CO[O-].[H-].[K+].[K+]. The van der Waals surface area contributed by atoms with Gasteiger partial charge in [-0.05, 0) is 96.5 Å². The second-order valence-corrected chi connectivity index (χ2v) is 16.8. The first kappa shape index (κ1) is 64.2. The Balaban J connectivity index is 0.00000101. The van der Waals surface area contributed by atoms with Crippen LogP contribution < -0.4 is 108 Å². The summed E-state index contributed by atoms with van der Waals surface area (Å²) >= 11 is 33.0.